The van der Waals surface area contributed by atoms with Crippen LogP contribution >= 0.6 is 0 Å². The number of hydrazone groups is 1. The minimum Gasteiger partial charge on any atom is -0.453 e. The lowest BCUT2D eigenvalue weighted by molar-refractivity contribution is -0.0443. The molecule has 0 saturated carbocycles. The van der Waals surface area contributed by atoms with Gasteiger partial charge in [0.15, 0.2) is 11.6 Å². The van der Waals surface area contributed by atoms with Crippen molar-refractivity contribution < 1.29 is 26.7 Å². The number of alkyl halides is 2. The number of nitrogens with zero attached hydrogens (tertiary/aromatic N) is 4. The molecule has 12 heteroatoms. The molecule has 0 aliphatic rings. The Balaban J connectivity index is 1.92. The first-order valence-electron chi connectivity index (χ1n) is 9.57. The molecule has 1 atom stereocenters. The Morgan fingerprint density at radius 1 is 1.12 bits per heavy atom. The Morgan fingerprint density at radius 3 is 2.47 bits per heavy atom. The molecule has 2 aromatic carbocycles. The second-order valence-corrected chi connectivity index (χ2v) is 7.04. The van der Waals surface area contributed by atoms with Crippen LogP contribution in [0.25, 0.3) is 0 Å². The van der Waals surface area contributed by atoms with E-state index in [1.807, 2.05) is 0 Å². The highest BCUT2D eigenvalue weighted by Gasteiger charge is 2.45. The van der Waals surface area contributed by atoms with E-state index in [1.165, 1.54) is 12.1 Å². The van der Waals surface area contributed by atoms with Crippen molar-refractivity contribution in [1.82, 2.24) is 9.99 Å². The molecule has 3 rings (SSSR count). The summed E-state index contributed by atoms with van der Waals surface area (Å²) in [6.07, 6.45) is 1.79. The number of ether oxygens (including phenoxy) is 1. The third-order valence-electron chi connectivity index (χ3n) is 4.75. The highest BCUT2D eigenvalue weighted by Crippen LogP contribution is 2.43. The molecule has 0 aliphatic heterocycles. The number of hydrogen-bond acceptors (Lipinski definition) is 6. The monoisotopic (exact) mass is 476 g/mol. The predicted octanol–water partition coefficient (Wildman–Crippen LogP) is 4.12. The van der Waals surface area contributed by atoms with Crippen LogP contribution in [-0.2, 0) is 5.92 Å². The molecule has 0 radical (unpaired) electrons. The van der Waals surface area contributed by atoms with Crippen molar-refractivity contribution in [3.05, 3.63) is 89.0 Å². The molecule has 0 spiro atoms. The van der Waals surface area contributed by atoms with Gasteiger partial charge in [-0.1, -0.05) is 6.07 Å². The number of nitrogens with two attached hydrogens (primary N) is 2. The largest absolute Gasteiger partial charge is 0.453 e. The van der Waals surface area contributed by atoms with Crippen molar-refractivity contribution in [2.45, 2.75) is 11.8 Å². The molecular formula is C22H17F5N6O. The van der Waals surface area contributed by atoms with Gasteiger partial charge in [-0.2, -0.15) is 19.1 Å². The lowest BCUT2D eigenvalue weighted by atomic mass is 9.89. The Labute approximate surface area is 190 Å². The average Bonchev–Trinajstić information content (AvgIpc) is 2.80. The number of halogens is 5. The third-order valence-corrected chi connectivity index (χ3v) is 4.75. The van der Waals surface area contributed by atoms with Crippen molar-refractivity contribution in [3.63, 3.8) is 0 Å². The minimum absolute atomic E-state index is 0.0663. The predicted molar refractivity (Wildman–Crippen MR) is 112 cm³/mol. The van der Waals surface area contributed by atoms with Gasteiger partial charge >= 0.3 is 0 Å². The van der Waals surface area contributed by atoms with Gasteiger partial charge in [-0.3, -0.25) is 9.99 Å². The Hall–Kier alpha value is -4.24. The van der Waals surface area contributed by atoms with Crippen LogP contribution in [-0.4, -0.2) is 22.9 Å². The number of benzene rings is 2. The van der Waals surface area contributed by atoms with Gasteiger partial charge in [0.25, 0.3) is 5.92 Å². The Morgan fingerprint density at radius 2 is 1.88 bits per heavy atom. The van der Waals surface area contributed by atoms with E-state index in [9.17, 15) is 13.2 Å². The fourth-order valence-corrected chi connectivity index (χ4v) is 3.13. The zero-order chi connectivity index (χ0) is 24.9. The average molecular weight is 476 g/mol. The van der Waals surface area contributed by atoms with Gasteiger partial charge < -0.3 is 10.6 Å². The number of pyridine rings is 1. The maximum atomic E-state index is 15.5. The summed E-state index contributed by atoms with van der Waals surface area (Å²) in [5.41, 5.74) is -1.20. The summed E-state index contributed by atoms with van der Waals surface area (Å²) < 4.78 is 78.0. The van der Waals surface area contributed by atoms with Gasteiger partial charge in [-0.05, 0) is 42.0 Å². The minimum atomic E-state index is -3.79. The first-order valence-corrected chi connectivity index (χ1v) is 9.57. The zero-order valence-electron chi connectivity index (χ0n) is 17.3. The molecule has 3 aromatic rings. The van der Waals surface area contributed by atoms with Crippen LogP contribution in [0.1, 0.15) is 22.7 Å². The molecule has 34 heavy (non-hydrogen) atoms. The van der Waals surface area contributed by atoms with Gasteiger partial charge in [0.2, 0.25) is 0 Å². The van der Waals surface area contributed by atoms with Crippen LogP contribution in [0.5, 0.6) is 11.5 Å². The van der Waals surface area contributed by atoms with Crippen LogP contribution in [0.2, 0.25) is 0 Å². The van der Waals surface area contributed by atoms with E-state index in [0.717, 1.165) is 47.9 Å². The van der Waals surface area contributed by atoms with Crippen molar-refractivity contribution in [1.29, 1.82) is 5.26 Å². The van der Waals surface area contributed by atoms with E-state index in [1.54, 1.807) is 6.07 Å². The summed E-state index contributed by atoms with van der Waals surface area (Å²) in [6, 6.07) is 9.50. The van der Waals surface area contributed by atoms with E-state index in [-0.39, 0.29) is 17.1 Å². The molecule has 0 fully saturated rings. The highest BCUT2D eigenvalue weighted by molar-refractivity contribution is 5.53. The van der Waals surface area contributed by atoms with Crippen LogP contribution in [0.3, 0.4) is 0 Å². The highest BCUT2D eigenvalue weighted by atomic mass is 19.3. The fraction of sp³-hybridized carbons (Fsp3) is 0.136. The lowest BCUT2D eigenvalue weighted by Gasteiger charge is -2.29. The number of aromatic nitrogens is 1. The number of hydrazine groups is 1. The fourth-order valence-electron chi connectivity index (χ4n) is 3.13. The quantitative estimate of drug-likeness (QED) is 0.166. The van der Waals surface area contributed by atoms with Crippen molar-refractivity contribution in [2.75, 3.05) is 6.54 Å². The van der Waals surface area contributed by atoms with Crippen LogP contribution in [0.15, 0.2) is 59.8 Å². The maximum Gasteiger partial charge on any atom is 0.298 e. The standard InChI is InChI=1S/C22H17F5N6O/c23-14-2-4-16(18(24)8-14)17(11-33(30)12-32-29)22(26,27)21-6-3-15(10-31-21)34-20-5-1-13(9-28)7-19(20)25/h1-8,10,12,17H,11,29-30H2/b32-12-. The topological polar surface area (TPSA) is 114 Å². The van der Waals surface area contributed by atoms with Crippen LogP contribution in [0, 0.1) is 28.8 Å². The van der Waals surface area contributed by atoms with E-state index < -0.39 is 47.1 Å². The van der Waals surface area contributed by atoms with Crippen molar-refractivity contribution in [3.8, 4) is 17.6 Å². The van der Waals surface area contributed by atoms with Crippen LogP contribution in [0.4, 0.5) is 22.0 Å². The molecule has 0 bridgehead atoms. The smallest absolute Gasteiger partial charge is 0.298 e. The summed E-state index contributed by atoms with van der Waals surface area (Å²) in [5.74, 6) is 1.61. The SMILES string of the molecule is N#Cc1ccc(Oc2ccc(C(F)(F)C(CN(N)/C=N\N)c3ccc(F)cc3F)nc2)c(F)c1. The molecule has 0 saturated heterocycles. The van der Waals surface area contributed by atoms with Gasteiger partial charge in [0.05, 0.1) is 23.7 Å². The molecule has 0 amide bonds. The van der Waals surface area contributed by atoms with Gasteiger partial charge in [0, 0.05) is 12.6 Å². The Kier molecular flexibility index (Phi) is 7.28. The van der Waals surface area contributed by atoms with E-state index in [2.05, 4.69) is 10.1 Å². The summed E-state index contributed by atoms with van der Waals surface area (Å²) >= 11 is 0. The van der Waals surface area contributed by atoms with Gasteiger partial charge in [-0.15, -0.1) is 0 Å². The molecule has 0 aliphatic carbocycles. The Bertz CT molecular complexity index is 1230. The van der Waals surface area contributed by atoms with E-state index in [0.29, 0.717) is 6.07 Å². The number of rotatable bonds is 8. The maximum absolute atomic E-state index is 15.5. The molecule has 1 aromatic heterocycles. The molecule has 176 valence electrons. The molecular weight excluding hydrogens is 459 g/mol. The second-order valence-electron chi connectivity index (χ2n) is 7.04. The van der Waals surface area contributed by atoms with Crippen LogP contribution < -0.4 is 16.4 Å². The lowest BCUT2D eigenvalue weighted by Crippen LogP contribution is -2.40. The van der Waals surface area contributed by atoms with Gasteiger partial charge in [-0.25, -0.2) is 19.0 Å². The first-order chi connectivity index (χ1) is 16.1. The second kappa shape index (κ2) is 10.1. The third kappa shape index (κ3) is 5.38. The summed E-state index contributed by atoms with van der Waals surface area (Å²) in [4.78, 5) is 3.69. The molecule has 7 nitrogen and oxygen atoms in total. The summed E-state index contributed by atoms with van der Waals surface area (Å²) in [5, 5.41) is 12.7. The van der Waals surface area contributed by atoms with Crippen molar-refractivity contribution >= 4 is 6.34 Å². The molecule has 1 unspecified atom stereocenters. The number of hydrogen-bond donors (Lipinski definition) is 2. The number of nitriles is 1. The zero-order valence-corrected chi connectivity index (χ0v) is 17.3. The molecule has 1 heterocycles. The summed E-state index contributed by atoms with van der Waals surface area (Å²) in [6.45, 7) is -0.646. The van der Waals surface area contributed by atoms with E-state index >= 15 is 8.78 Å². The normalized spacial score (nSPS) is 12.4. The first kappa shape index (κ1) is 24.4. The van der Waals surface area contributed by atoms with Gasteiger partial charge in [0.1, 0.15) is 29.4 Å². The van der Waals surface area contributed by atoms with E-state index in [4.69, 9.17) is 21.7 Å². The molecule has 4 N–H and O–H groups in total. The summed E-state index contributed by atoms with van der Waals surface area (Å²) in [7, 11) is 0. The van der Waals surface area contributed by atoms with Crippen molar-refractivity contribution in [2.24, 2.45) is 16.8 Å².